The highest BCUT2D eigenvalue weighted by molar-refractivity contribution is 7.88. The number of carbonyl (C=O) groups is 1. The molecular formula is C15H23N3O3S. The van der Waals surface area contributed by atoms with Crippen molar-refractivity contribution in [3.05, 3.63) is 29.3 Å². The van der Waals surface area contributed by atoms with Crippen LogP contribution in [0.4, 0.5) is 5.69 Å². The van der Waals surface area contributed by atoms with Gasteiger partial charge in [0.2, 0.25) is 10.0 Å². The summed E-state index contributed by atoms with van der Waals surface area (Å²) < 4.78 is 25.4. The topological polar surface area (TPSA) is 101 Å². The minimum Gasteiger partial charge on any atom is -0.399 e. The molecule has 2 atom stereocenters. The van der Waals surface area contributed by atoms with Crippen LogP contribution >= 0.6 is 0 Å². The van der Waals surface area contributed by atoms with E-state index >= 15 is 0 Å². The number of rotatable bonds is 5. The molecule has 4 N–H and O–H groups in total. The van der Waals surface area contributed by atoms with Crippen molar-refractivity contribution < 1.29 is 13.2 Å². The predicted molar refractivity (Wildman–Crippen MR) is 87.0 cm³/mol. The zero-order valence-electron chi connectivity index (χ0n) is 12.9. The van der Waals surface area contributed by atoms with Gasteiger partial charge < -0.3 is 11.1 Å². The number of hydrogen-bond donors (Lipinski definition) is 3. The van der Waals surface area contributed by atoms with Crippen LogP contribution in [0.2, 0.25) is 0 Å². The number of nitrogens with one attached hydrogen (secondary N) is 2. The zero-order valence-corrected chi connectivity index (χ0v) is 13.7. The predicted octanol–water partition coefficient (Wildman–Crippen LogP) is 1.02. The molecule has 0 spiro atoms. The van der Waals surface area contributed by atoms with Crippen molar-refractivity contribution in [1.82, 2.24) is 10.0 Å². The Hall–Kier alpha value is -1.60. The molecule has 1 aromatic rings. The van der Waals surface area contributed by atoms with Gasteiger partial charge in [-0.25, -0.2) is 13.1 Å². The lowest BCUT2D eigenvalue weighted by atomic mass is 10.0. The maximum Gasteiger partial charge on any atom is 0.251 e. The Kier molecular flexibility index (Phi) is 5.08. The Morgan fingerprint density at radius 1 is 1.36 bits per heavy atom. The van der Waals surface area contributed by atoms with Crippen LogP contribution in [0.5, 0.6) is 0 Å². The molecule has 122 valence electrons. The first-order valence-corrected chi connectivity index (χ1v) is 9.27. The Morgan fingerprint density at radius 2 is 2.09 bits per heavy atom. The lowest BCUT2D eigenvalue weighted by molar-refractivity contribution is 0.0945. The van der Waals surface area contributed by atoms with Crippen LogP contribution in [0.1, 0.15) is 35.2 Å². The first-order valence-electron chi connectivity index (χ1n) is 7.38. The molecule has 22 heavy (non-hydrogen) atoms. The summed E-state index contributed by atoms with van der Waals surface area (Å²) in [7, 11) is -3.22. The number of nitrogen functional groups attached to an aromatic ring is 1. The fourth-order valence-corrected chi connectivity index (χ4v) is 3.77. The number of amides is 1. The van der Waals surface area contributed by atoms with Crippen LogP contribution in [0, 0.1) is 12.8 Å². The van der Waals surface area contributed by atoms with Gasteiger partial charge in [0, 0.05) is 23.8 Å². The summed E-state index contributed by atoms with van der Waals surface area (Å²) in [5.74, 6) is -0.0464. The minimum atomic E-state index is -3.22. The number of sulfonamides is 1. The second-order valence-electron chi connectivity index (χ2n) is 5.97. The fraction of sp³-hybridized carbons (Fsp3) is 0.533. The lowest BCUT2D eigenvalue weighted by Crippen LogP contribution is -2.41. The minimum absolute atomic E-state index is 0.0998. The normalized spacial score (nSPS) is 21.7. The van der Waals surface area contributed by atoms with Crippen LogP contribution in [-0.4, -0.2) is 33.2 Å². The van der Waals surface area contributed by atoms with Crippen LogP contribution in [0.15, 0.2) is 18.2 Å². The maximum atomic E-state index is 12.3. The average Bonchev–Trinajstić information content (AvgIpc) is 2.84. The van der Waals surface area contributed by atoms with Crippen molar-refractivity contribution in [2.75, 3.05) is 18.5 Å². The van der Waals surface area contributed by atoms with Gasteiger partial charge in [0.15, 0.2) is 0 Å². The van der Waals surface area contributed by atoms with Gasteiger partial charge in [0.05, 0.1) is 6.26 Å². The Labute approximate surface area is 131 Å². The van der Waals surface area contributed by atoms with E-state index in [0.717, 1.165) is 31.1 Å². The first-order chi connectivity index (χ1) is 10.3. The van der Waals surface area contributed by atoms with Crippen molar-refractivity contribution >= 4 is 21.6 Å². The second kappa shape index (κ2) is 6.66. The van der Waals surface area contributed by atoms with Crippen molar-refractivity contribution in [2.45, 2.75) is 32.2 Å². The van der Waals surface area contributed by atoms with Gasteiger partial charge in [-0.15, -0.1) is 0 Å². The van der Waals surface area contributed by atoms with Crippen LogP contribution in [0.3, 0.4) is 0 Å². The lowest BCUT2D eigenvalue weighted by Gasteiger charge is -2.20. The molecule has 0 aliphatic heterocycles. The van der Waals surface area contributed by atoms with Crippen molar-refractivity contribution in [3.8, 4) is 0 Å². The van der Waals surface area contributed by atoms with Crippen molar-refractivity contribution in [3.63, 3.8) is 0 Å². The van der Waals surface area contributed by atoms with Gasteiger partial charge in [-0.1, -0.05) is 12.5 Å². The molecule has 6 nitrogen and oxygen atoms in total. The Bertz CT molecular complexity index is 658. The van der Waals surface area contributed by atoms with E-state index in [4.69, 9.17) is 5.73 Å². The van der Waals surface area contributed by atoms with E-state index < -0.39 is 10.0 Å². The number of nitrogens with two attached hydrogens (primary N) is 1. The molecule has 1 fully saturated rings. The third-order valence-electron chi connectivity index (χ3n) is 4.06. The number of benzene rings is 1. The summed E-state index contributed by atoms with van der Waals surface area (Å²) in [5.41, 5.74) is 7.69. The molecule has 0 heterocycles. The summed E-state index contributed by atoms with van der Waals surface area (Å²) in [6.07, 6.45) is 3.84. The third kappa shape index (κ3) is 4.45. The molecule has 0 bridgehead atoms. The summed E-state index contributed by atoms with van der Waals surface area (Å²) in [6, 6.07) is 5.13. The van der Waals surface area contributed by atoms with E-state index in [9.17, 15) is 13.2 Å². The molecule has 1 aliphatic rings. The summed E-state index contributed by atoms with van der Waals surface area (Å²) >= 11 is 0. The molecule has 1 amide bonds. The Morgan fingerprint density at radius 3 is 2.77 bits per heavy atom. The van der Waals surface area contributed by atoms with Crippen molar-refractivity contribution in [2.24, 2.45) is 5.92 Å². The highest BCUT2D eigenvalue weighted by atomic mass is 32.2. The monoisotopic (exact) mass is 325 g/mol. The smallest absolute Gasteiger partial charge is 0.251 e. The highest BCUT2D eigenvalue weighted by Crippen LogP contribution is 2.25. The van der Waals surface area contributed by atoms with E-state index in [2.05, 4.69) is 10.0 Å². The molecular weight excluding hydrogens is 302 g/mol. The quantitative estimate of drug-likeness (QED) is 0.704. The van der Waals surface area contributed by atoms with E-state index in [1.54, 1.807) is 12.1 Å². The van der Waals surface area contributed by atoms with E-state index in [0.29, 0.717) is 17.8 Å². The molecule has 1 saturated carbocycles. The van der Waals surface area contributed by atoms with E-state index in [1.165, 1.54) is 0 Å². The van der Waals surface area contributed by atoms with Crippen LogP contribution in [0.25, 0.3) is 0 Å². The molecule has 2 rings (SSSR count). The first kappa shape index (κ1) is 16.8. The maximum absolute atomic E-state index is 12.3. The summed E-state index contributed by atoms with van der Waals surface area (Å²) in [5, 5.41) is 2.90. The van der Waals surface area contributed by atoms with Crippen LogP contribution < -0.4 is 15.8 Å². The number of aryl methyl sites for hydroxylation is 1. The largest absolute Gasteiger partial charge is 0.399 e. The standard InChI is InChI=1S/C15H23N3O3S/c1-10-6-7-12(16)8-13(10)15(19)17-9-11-4-3-5-14(11)18-22(2,20)21/h6-8,11,14,18H,3-5,9,16H2,1-2H3,(H,17,19). The van der Waals surface area contributed by atoms with Crippen LogP contribution in [-0.2, 0) is 10.0 Å². The van der Waals surface area contributed by atoms with Gasteiger partial charge in [-0.05, 0) is 43.4 Å². The van der Waals surface area contributed by atoms with Gasteiger partial charge in [0.1, 0.15) is 0 Å². The molecule has 0 aromatic heterocycles. The van der Waals surface area contributed by atoms with Gasteiger partial charge >= 0.3 is 0 Å². The number of carbonyl (C=O) groups excluding carboxylic acids is 1. The van der Waals surface area contributed by atoms with Crippen molar-refractivity contribution in [1.29, 1.82) is 0 Å². The summed E-state index contributed by atoms with van der Waals surface area (Å²) in [6.45, 7) is 2.32. The van der Waals surface area contributed by atoms with E-state index in [-0.39, 0.29) is 17.9 Å². The SMILES string of the molecule is Cc1ccc(N)cc1C(=O)NCC1CCCC1NS(C)(=O)=O. The molecule has 0 radical (unpaired) electrons. The molecule has 1 aromatic carbocycles. The second-order valence-corrected chi connectivity index (χ2v) is 7.75. The molecule has 7 heteroatoms. The fourth-order valence-electron chi connectivity index (χ4n) is 2.91. The number of anilines is 1. The molecule has 2 unspecified atom stereocenters. The summed E-state index contributed by atoms with van der Waals surface area (Å²) in [4.78, 5) is 12.3. The third-order valence-corrected chi connectivity index (χ3v) is 4.79. The average molecular weight is 325 g/mol. The number of hydrogen-bond acceptors (Lipinski definition) is 4. The van der Waals surface area contributed by atoms with E-state index in [1.807, 2.05) is 13.0 Å². The zero-order chi connectivity index (χ0) is 16.3. The van der Waals surface area contributed by atoms with Gasteiger partial charge in [0.25, 0.3) is 5.91 Å². The van der Waals surface area contributed by atoms with Gasteiger partial charge in [-0.2, -0.15) is 0 Å². The molecule has 0 saturated heterocycles. The molecule has 1 aliphatic carbocycles. The highest BCUT2D eigenvalue weighted by Gasteiger charge is 2.29. The van der Waals surface area contributed by atoms with Gasteiger partial charge in [-0.3, -0.25) is 4.79 Å². The Balaban J connectivity index is 1.97.